The van der Waals surface area contributed by atoms with Crippen molar-refractivity contribution in [3.8, 4) is 5.75 Å². The number of aliphatic carboxylic acids is 1. The average molecular weight is 334 g/mol. The van der Waals surface area contributed by atoms with Gasteiger partial charge in [0.1, 0.15) is 22.9 Å². The number of carboxylic acids is 1. The zero-order chi connectivity index (χ0) is 18.2. The van der Waals surface area contributed by atoms with Crippen LogP contribution in [-0.2, 0) is 9.53 Å². The average Bonchev–Trinajstić information content (AvgIpc) is 2.32. The van der Waals surface area contributed by atoms with Crippen LogP contribution in [0.15, 0.2) is 12.1 Å². The van der Waals surface area contributed by atoms with Crippen molar-refractivity contribution < 1.29 is 33.0 Å². The first kappa shape index (κ1) is 20.4. The Hall–Kier alpha value is -2.58. The molecule has 0 atom stereocenters. The lowest BCUT2D eigenvalue weighted by Crippen LogP contribution is -2.27. The van der Waals surface area contributed by atoms with Gasteiger partial charge in [-0.25, -0.2) is 13.6 Å². The highest BCUT2D eigenvalue weighted by Gasteiger charge is 2.12. The molecule has 1 amide bonds. The third-order valence-electron chi connectivity index (χ3n) is 2.04. The largest absolute Gasteiger partial charge is 0.491 e. The number of primary amides is 1. The molecule has 1 rings (SSSR count). The van der Waals surface area contributed by atoms with Gasteiger partial charge in [0.25, 0.3) is 0 Å². The first-order valence-electron chi connectivity index (χ1n) is 6.50. The fraction of sp³-hybridized carbons (Fsp3) is 0.429. The maximum atomic E-state index is 12.9. The van der Waals surface area contributed by atoms with Crippen molar-refractivity contribution in [1.82, 2.24) is 0 Å². The molecule has 0 radical (unpaired) electrons. The van der Waals surface area contributed by atoms with Crippen LogP contribution in [-0.4, -0.2) is 29.4 Å². The number of amides is 1. The van der Waals surface area contributed by atoms with E-state index in [1.165, 1.54) is 0 Å². The molecule has 0 fully saturated rings. The molecule has 0 aliphatic heterocycles. The lowest BCUT2D eigenvalue weighted by atomic mass is 10.2. The van der Waals surface area contributed by atoms with Gasteiger partial charge in [0.05, 0.1) is 13.0 Å². The van der Waals surface area contributed by atoms with Crippen LogP contribution in [0.5, 0.6) is 5.75 Å². The van der Waals surface area contributed by atoms with E-state index in [2.05, 4.69) is 4.74 Å². The first-order valence-corrected chi connectivity index (χ1v) is 6.50. The number of benzene rings is 1. The van der Waals surface area contributed by atoms with Gasteiger partial charge >= 0.3 is 12.1 Å². The molecule has 1 aromatic rings. The quantitative estimate of drug-likeness (QED) is 0.725. The van der Waals surface area contributed by atoms with Crippen molar-refractivity contribution in [2.75, 3.05) is 12.3 Å². The second-order valence-electron chi connectivity index (χ2n) is 5.33. The molecule has 7 nitrogen and oxygen atoms in total. The monoisotopic (exact) mass is 334 g/mol. The zero-order valence-electron chi connectivity index (χ0n) is 13.1. The molecule has 0 spiro atoms. The number of carboxylic acid groups (broad SMARTS) is 1. The number of carbonyl (C=O) groups is 2. The Balaban J connectivity index is 0.000000515. The zero-order valence-corrected chi connectivity index (χ0v) is 13.1. The van der Waals surface area contributed by atoms with Crippen LogP contribution >= 0.6 is 0 Å². The maximum absolute atomic E-state index is 12.9. The lowest BCUT2D eigenvalue weighted by Gasteiger charge is -2.16. The highest BCUT2D eigenvalue weighted by molar-refractivity contribution is 5.67. The predicted molar refractivity (Wildman–Crippen MR) is 78.9 cm³/mol. The number of rotatable bonds is 4. The molecule has 130 valence electrons. The molecule has 9 heteroatoms. The van der Waals surface area contributed by atoms with Gasteiger partial charge < -0.3 is 26.0 Å². The summed E-state index contributed by atoms with van der Waals surface area (Å²) in [6.45, 7) is 5.09. The molecule has 0 bridgehead atoms. The third kappa shape index (κ3) is 9.88. The second-order valence-corrected chi connectivity index (χ2v) is 5.33. The minimum atomic E-state index is -1.06. The van der Waals surface area contributed by atoms with Gasteiger partial charge in [-0.15, -0.1) is 0 Å². The van der Waals surface area contributed by atoms with E-state index in [0.717, 1.165) is 6.07 Å². The van der Waals surface area contributed by atoms with Crippen LogP contribution < -0.4 is 16.2 Å². The van der Waals surface area contributed by atoms with Crippen LogP contribution in [0.4, 0.5) is 19.3 Å². The molecule has 0 aromatic heterocycles. The Morgan fingerprint density at radius 2 is 1.83 bits per heavy atom. The van der Waals surface area contributed by atoms with Crippen molar-refractivity contribution in [3.05, 3.63) is 23.8 Å². The van der Waals surface area contributed by atoms with Gasteiger partial charge in [0.2, 0.25) is 0 Å². The molecule has 5 N–H and O–H groups in total. The summed E-state index contributed by atoms with van der Waals surface area (Å²) in [4.78, 5) is 20.2. The molecule has 1 aromatic carbocycles. The molecule has 0 aliphatic rings. The summed E-state index contributed by atoms with van der Waals surface area (Å²) in [6, 6.07) is 1.53. The van der Waals surface area contributed by atoms with Crippen molar-refractivity contribution in [1.29, 1.82) is 0 Å². The van der Waals surface area contributed by atoms with Crippen LogP contribution in [0.1, 0.15) is 27.2 Å². The number of carbonyl (C=O) groups excluding carboxylic acids is 1. The number of nitrogens with two attached hydrogens (primary N) is 2. The Kier molecular flexibility index (Phi) is 7.78. The second kappa shape index (κ2) is 8.76. The molecule has 0 unspecified atom stereocenters. The van der Waals surface area contributed by atoms with Crippen LogP contribution in [0.3, 0.4) is 0 Å². The molecule has 0 heterocycles. The summed E-state index contributed by atoms with van der Waals surface area (Å²) in [5, 5.41) is 8.31. The summed E-state index contributed by atoms with van der Waals surface area (Å²) >= 11 is 0. The van der Waals surface area contributed by atoms with E-state index in [1.807, 2.05) is 0 Å². The summed E-state index contributed by atoms with van der Waals surface area (Å²) in [5.74, 6) is -3.01. The SMILES string of the molecule is CC(C)(C)OC(N)=O.Nc1c(F)cc(F)cc1OCCC(=O)O. The smallest absolute Gasteiger partial charge is 0.405 e. The van der Waals surface area contributed by atoms with Gasteiger partial charge in [0.15, 0.2) is 5.82 Å². The predicted octanol–water partition coefficient (Wildman–Crippen LogP) is 2.28. The van der Waals surface area contributed by atoms with E-state index in [-0.39, 0.29) is 24.5 Å². The van der Waals surface area contributed by atoms with Gasteiger partial charge in [-0.2, -0.15) is 0 Å². The summed E-state index contributed by atoms with van der Waals surface area (Å²) in [6.07, 6.45) is -0.991. The van der Waals surface area contributed by atoms with Gasteiger partial charge in [-0.05, 0) is 20.8 Å². The van der Waals surface area contributed by atoms with E-state index in [1.54, 1.807) is 20.8 Å². The third-order valence-corrected chi connectivity index (χ3v) is 2.04. The molecule has 0 saturated heterocycles. The van der Waals surface area contributed by atoms with Crippen molar-refractivity contribution in [2.24, 2.45) is 5.73 Å². The highest BCUT2D eigenvalue weighted by atomic mass is 19.1. The van der Waals surface area contributed by atoms with Crippen LogP contribution in [0, 0.1) is 11.6 Å². The fourth-order valence-electron chi connectivity index (χ4n) is 1.23. The van der Waals surface area contributed by atoms with Crippen LogP contribution in [0.2, 0.25) is 0 Å². The number of anilines is 1. The molecule has 23 heavy (non-hydrogen) atoms. The summed E-state index contributed by atoms with van der Waals surface area (Å²) < 4.78 is 35.0. The van der Waals surface area contributed by atoms with Crippen LogP contribution in [0.25, 0.3) is 0 Å². The van der Waals surface area contributed by atoms with E-state index in [4.69, 9.17) is 21.3 Å². The minimum absolute atomic E-state index is 0.186. The number of hydrogen-bond acceptors (Lipinski definition) is 5. The van der Waals surface area contributed by atoms with E-state index < -0.39 is 29.3 Å². The number of nitrogen functional groups attached to an aromatic ring is 1. The highest BCUT2D eigenvalue weighted by Crippen LogP contribution is 2.25. The Bertz CT molecular complexity index is 559. The van der Waals surface area contributed by atoms with Gasteiger partial charge in [-0.3, -0.25) is 4.79 Å². The van der Waals surface area contributed by atoms with Gasteiger partial charge in [-0.1, -0.05) is 0 Å². The number of ether oxygens (including phenoxy) is 2. The maximum Gasteiger partial charge on any atom is 0.405 e. The standard InChI is InChI=1S/C9H9F2NO3.C5H11NO2/c10-5-3-6(11)9(12)7(4-5)15-2-1-8(13)14;1-5(2,3)8-4(6)7/h3-4H,1-2,12H2,(H,13,14);1-3H3,(H2,6,7). The Labute approximate surface area is 132 Å². The Morgan fingerprint density at radius 1 is 1.26 bits per heavy atom. The molecular weight excluding hydrogens is 314 g/mol. The first-order chi connectivity index (χ1) is 10.4. The lowest BCUT2D eigenvalue weighted by molar-refractivity contribution is -0.137. The minimum Gasteiger partial charge on any atom is -0.491 e. The number of hydrogen-bond donors (Lipinski definition) is 3. The van der Waals surface area contributed by atoms with Crippen molar-refractivity contribution >= 4 is 17.7 Å². The molecular formula is C14H20F2N2O5. The van der Waals surface area contributed by atoms with Crippen molar-refractivity contribution in [2.45, 2.75) is 32.8 Å². The summed E-state index contributed by atoms with van der Waals surface area (Å²) in [5.41, 5.74) is 9.19. The number of halogens is 2. The van der Waals surface area contributed by atoms with E-state index in [9.17, 15) is 18.4 Å². The fourth-order valence-corrected chi connectivity index (χ4v) is 1.23. The van der Waals surface area contributed by atoms with E-state index in [0.29, 0.717) is 6.07 Å². The normalized spacial score (nSPS) is 10.3. The van der Waals surface area contributed by atoms with Crippen molar-refractivity contribution in [3.63, 3.8) is 0 Å². The van der Waals surface area contributed by atoms with E-state index >= 15 is 0 Å². The molecule has 0 saturated carbocycles. The topological polar surface area (TPSA) is 125 Å². The van der Waals surface area contributed by atoms with Gasteiger partial charge in [0, 0.05) is 12.1 Å². The Morgan fingerprint density at radius 3 is 2.22 bits per heavy atom. The summed E-state index contributed by atoms with van der Waals surface area (Å²) in [7, 11) is 0. The molecule has 0 aliphatic carbocycles.